The maximum Gasteiger partial charge on any atom is 0.250 e. The van der Waals surface area contributed by atoms with E-state index in [1.54, 1.807) is 0 Å². The average molecular weight is 158 g/mol. The molecule has 1 heterocycles. The number of rotatable bonds is 0. The van der Waals surface area contributed by atoms with Crippen LogP contribution in [-0.2, 0) is 4.79 Å². The molecule has 11 heavy (non-hydrogen) atoms. The van der Waals surface area contributed by atoms with Gasteiger partial charge in [-0.25, -0.2) is 0 Å². The molecule has 0 radical (unpaired) electrons. The minimum atomic E-state index is -0.341. The lowest BCUT2D eigenvalue weighted by molar-refractivity contribution is -0.146. The lowest BCUT2D eigenvalue weighted by atomic mass is 10.1. The summed E-state index contributed by atoms with van der Waals surface area (Å²) in [5.74, 6) is -0.341. The summed E-state index contributed by atoms with van der Waals surface area (Å²) in [7, 11) is 0. The fourth-order valence-corrected chi connectivity index (χ4v) is 1.30. The van der Waals surface area contributed by atoms with E-state index in [9.17, 15) is 9.28 Å². The van der Waals surface area contributed by atoms with Crippen molar-refractivity contribution in [2.75, 3.05) is 6.54 Å². The second-order valence-corrected chi connectivity index (χ2v) is 3.00. The molecular weight excluding hydrogens is 144 g/mol. The van der Waals surface area contributed by atoms with Crippen LogP contribution in [0.25, 0.3) is 0 Å². The maximum absolute atomic E-state index is 12.7. The molecule has 3 heteroatoms. The first-order valence-corrected chi connectivity index (χ1v) is 4.27. The lowest BCUT2D eigenvalue weighted by Gasteiger charge is -2.08. The molecule has 0 aromatic rings. The summed E-state index contributed by atoms with van der Waals surface area (Å²) in [4.78, 5) is 10.9. The third kappa shape index (κ3) is 2.87. The van der Waals surface area contributed by atoms with Crippen molar-refractivity contribution in [2.24, 2.45) is 0 Å². The van der Waals surface area contributed by atoms with E-state index in [0.717, 1.165) is 32.1 Å². The Morgan fingerprint density at radius 3 is 2.55 bits per heavy atom. The third-order valence-electron chi connectivity index (χ3n) is 2.02. The fraction of sp³-hybridized carbons (Fsp3) is 0.875. The molecule has 0 saturated carbocycles. The summed E-state index contributed by atoms with van der Waals surface area (Å²) in [6.45, 7) is 0.291. The minimum Gasteiger partial charge on any atom is -0.272 e. The zero-order chi connectivity index (χ0) is 8.10. The summed E-state index contributed by atoms with van der Waals surface area (Å²) in [6.07, 6.45) is 5.30. The average Bonchev–Trinajstić information content (AvgIpc) is 2.07. The molecule has 1 amide bonds. The minimum absolute atomic E-state index is 0.291. The van der Waals surface area contributed by atoms with E-state index in [2.05, 4.69) is 0 Å². The SMILES string of the molecule is O=C1CCCCCCCN1[18F]. The number of hydrogen-bond acceptors (Lipinski definition) is 1. The zero-order valence-corrected chi connectivity index (χ0v) is 6.68. The van der Waals surface area contributed by atoms with Crippen molar-refractivity contribution in [2.45, 2.75) is 38.5 Å². The van der Waals surface area contributed by atoms with E-state index in [-0.39, 0.29) is 5.91 Å². The fourth-order valence-electron chi connectivity index (χ4n) is 1.30. The normalized spacial score (nSPS) is 22.3. The van der Waals surface area contributed by atoms with Gasteiger partial charge in [0.25, 0.3) is 0 Å². The second-order valence-electron chi connectivity index (χ2n) is 3.00. The van der Waals surface area contributed by atoms with Crippen molar-refractivity contribution in [1.82, 2.24) is 5.12 Å². The Morgan fingerprint density at radius 2 is 1.73 bits per heavy atom. The Morgan fingerprint density at radius 1 is 1.09 bits per heavy atom. The summed E-state index contributed by atoms with van der Waals surface area (Å²) < 4.78 is 12.7. The molecule has 0 atom stereocenters. The van der Waals surface area contributed by atoms with Gasteiger partial charge >= 0.3 is 0 Å². The molecule has 0 spiro atoms. The Bertz CT molecular complexity index is 138. The van der Waals surface area contributed by atoms with Crippen LogP contribution in [0.3, 0.4) is 0 Å². The van der Waals surface area contributed by atoms with Gasteiger partial charge in [-0.05, 0) is 12.8 Å². The van der Waals surface area contributed by atoms with Crippen LogP contribution in [-0.4, -0.2) is 17.6 Å². The maximum atomic E-state index is 12.7. The van der Waals surface area contributed by atoms with E-state index < -0.39 is 0 Å². The van der Waals surface area contributed by atoms with Crippen molar-refractivity contribution in [3.63, 3.8) is 0 Å². The van der Waals surface area contributed by atoms with Crippen LogP contribution in [0.5, 0.6) is 0 Å². The van der Waals surface area contributed by atoms with Crippen LogP contribution in [0.2, 0.25) is 0 Å². The lowest BCUT2D eigenvalue weighted by Crippen LogP contribution is -2.22. The first kappa shape index (κ1) is 8.50. The Labute approximate surface area is 66.3 Å². The number of amides is 1. The number of nitrogens with zero attached hydrogens (tertiary/aromatic N) is 1. The number of carbonyl (C=O) groups excluding carboxylic acids is 1. The van der Waals surface area contributed by atoms with Gasteiger partial charge in [-0.2, -0.15) is 5.12 Å². The Hall–Kier alpha value is -0.600. The highest BCUT2D eigenvalue weighted by Gasteiger charge is 2.12. The molecule has 0 unspecified atom stereocenters. The highest BCUT2D eigenvalue weighted by Crippen LogP contribution is 2.11. The van der Waals surface area contributed by atoms with Crippen molar-refractivity contribution in [3.8, 4) is 0 Å². The molecule has 0 aromatic heterocycles. The van der Waals surface area contributed by atoms with Crippen molar-refractivity contribution in [1.29, 1.82) is 0 Å². The topological polar surface area (TPSA) is 20.3 Å². The van der Waals surface area contributed by atoms with Crippen molar-refractivity contribution >= 4 is 5.91 Å². The molecule has 2 nitrogen and oxygen atoms in total. The molecule has 0 bridgehead atoms. The van der Waals surface area contributed by atoms with Crippen LogP contribution in [0, 0.1) is 0 Å². The zero-order valence-electron chi connectivity index (χ0n) is 6.68. The van der Waals surface area contributed by atoms with Crippen LogP contribution < -0.4 is 0 Å². The monoisotopic (exact) mass is 158 g/mol. The molecule has 0 aromatic carbocycles. The predicted molar refractivity (Wildman–Crippen MR) is 40.5 cm³/mol. The number of hydrogen-bond donors (Lipinski definition) is 0. The second kappa shape index (κ2) is 4.31. The first-order valence-electron chi connectivity index (χ1n) is 4.27. The molecule has 1 rings (SSSR count). The predicted octanol–water partition coefficient (Wildman–Crippen LogP) is 2.05. The van der Waals surface area contributed by atoms with Gasteiger partial charge in [-0.1, -0.05) is 23.7 Å². The highest BCUT2D eigenvalue weighted by atomic mass is 18.3. The van der Waals surface area contributed by atoms with Gasteiger partial charge in [0, 0.05) is 6.42 Å². The molecule has 0 aliphatic carbocycles. The molecule has 1 fully saturated rings. The quantitative estimate of drug-likeness (QED) is 0.494. The van der Waals surface area contributed by atoms with Gasteiger partial charge in [0.05, 0.1) is 6.54 Å². The molecule has 1 aliphatic heterocycles. The largest absolute Gasteiger partial charge is 0.272 e. The molecular formula is C8H14FNO. The summed E-state index contributed by atoms with van der Waals surface area (Å²) in [5, 5.41) is 0.366. The smallest absolute Gasteiger partial charge is 0.250 e. The standard InChI is InChI=1S/C8H14FNO/c9-10-7-5-3-1-2-4-6-8(10)11/h1-7H2/i9-1. The van der Waals surface area contributed by atoms with Gasteiger partial charge in [-0.3, -0.25) is 4.79 Å². The van der Waals surface area contributed by atoms with Gasteiger partial charge in [-0.15, -0.1) is 0 Å². The van der Waals surface area contributed by atoms with Crippen molar-refractivity contribution in [3.05, 3.63) is 0 Å². The van der Waals surface area contributed by atoms with Crippen LogP contribution in [0.4, 0.5) is 4.48 Å². The Kier molecular flexibility index (Phi) is 3.33. The first-order chi connectivity index (χ1) is 5.30. The van der Waals surface area contributed by atoms with Crippen LogP contribution in [0.1, 0.15) is 38.5 Å². The van der Waals surface area contributed by atoms with Crippen LogP contribution in [0.15, 0.2) is 0 Å². The van der Waals surface area contributed by atoms with Crippen molar-refractivity contribution < 1.29 is 9.28 Å². The van der Waals surface area contributed by atoms with E-state index in [1.807, 2.05) is 0 Å². The highest BCUT2D eigenvalue weighted by molar-refractivity contribution is 5.74. The van der Waals surface area contributed by atoms with Gasteiger partial charge in [0.15, 0.2) is 0 Å². The van der Waals surface area contributed by atoms with E-state index in [0.29, 0.717) is 18.1 Å². The molecule has 64 valence electrons. The number of halogens is 1. The van der Waals surface area contributed by atoms with Crippen LogP contribution >= 0.6 is 0 Å². The summed E-state index contributed by atoms with van der Waals surface area (Å²) in [6, 6.07) is 0. The molecule has 1 aliphatic rings. The molecule has 0 N–H and O–H groups in total. The van der Waals surface area contributed by atoms with E-state index in [1.165, 1.54) is 0 Å². The van der Waals surface area contributed by atoms with Gasteiger partial charge < -0.3 is 0 Å². The number of carbonyl (C=O) groups is 1. The van der Waals surface area contributed by atoms with E-state index in [4.69, 9.17) is 0 Å². The third-order valence-corrected chi connectivity index (χ3v) is 2.02. The Balaban J connectivity index is 2.35. The molecule has 1 saturated heterocycles. The van der Waals surface area contributed by atoms with E-state index >= 15 is 0 Å². The van der Waals surface area contributed by atoms with Gasteiger partial charge in [0.2, 0.25) is 5.91 Å². The summed E-state index contributed by atoms with van der Waals surface area (Å²) in [5.41, 5.74) is 0. The summed E-state index contributed by atoms with van der Waals surface area (Å²) >= 11 is 0. The van der Waals surface area contributed by atoms with Gasteiger partial charge in [0.1, 0.15) is 0 Å².